The Kier molecular flexibility index (Phi) is 7.22. The van der Waals surface area contributed by atoms with Crippen molar-refractivity contribution < 1.29 is 70.9 Å². The maximum Gasteiger partial charge on any atom is 1.00 e. The summed E-state index contributed by atoms with van der Waals surface area (Å²) in [5.41, 5.74) is 2.71. The molecule has 0 unspecified atom stereocenters. The number of carboxylic acid groups (broad SMARTS) is 1. The van der Waals surface area contributed by atoms with Crippen LogP contribution in [-0.2, 0) is 14.4 Å². The number of allylic oxidation sites excluding steroid dienone is 2. The van der Waals surface area contributed by atoms with Gasteiger partial charge in [0.1, 0.15) is 5.78 Å². The zero-order valence-corrected chi connectivity index (χ0v) is 21.5. The number of hydrogen-bond donors (Lipinski definition) is 0. The van der Waals surface area contributed by atoms with Crippen LogP contribution >= 0.6 is 0 Å². The van der Waals surface area contributed by atoms with Gasteiger partial charge < -0.3 is 14.7 Å². The standard InChI is InChI=1S/C23H33NO4.K/c1-14(25)18-6-7-19-17-5-4-15-12-16(24-28-13-21(26)27)8-10-22(15,2)20(17)9-11-23(18,19)3;/h12,17-20H,4-11,13H2,1-3H3,(H,26,27);/q;+1/p-1/b24-16-;/t17-,18+,19-,20-,22-,23+;/m0./s1. The van der Waals surface area contributed by atoms with Gasteiger partial charge in [-0.3, -0.25) is 4.79 Å². The van der Waals surface area contributed by atoms with E-state index >= 15 is 0 Å². The minimum absolute atomic E-state index is 0. The molecular formula is C23H32KNO4. The van der Waals surface area contributed by atoms with Crippen LogP contribution < -0.4 is 56.5 Å². The molecule has 4 aliphatic carbocycles. The van der Waals surface area contributed by atoms with Gasteiger partial charge >= 0.3 is 51.4 Å². The van der Waals surface area contributed by atoms with E-state index in [0.717, 1.165) is 37.3 Å². The van der Waals surface area contributed by atoms with Crippen molar-refractivity contribution in [2.24, 2.45) is 39.7 Å². The van der Waals surface area contributed by atoms with Crippen molar-refractivity contribution >= 4 is 17.5 Å². The van der Waals surface area contributed by atoms with E-state index in [-0.39, 0.29) is 68.1 Å². The minimum atomic E-state index is -1.25. The number of aliphatic carboxylic acids is 1. The molecule has 6 heteroatoms. The van der Waals surface area contributed by atoms with Crippen molar-refractivity contribution in [2.75, 3.05) is 6.61 Å². The van der Waals surface area contributed by atoms with Crippen molar-refractivity contribution in [1.82, 2.24) is 0 Å². The predicted molar refractivity (Wildman–Crippen MR) is 104 cm³/mol. The molecule has 0 heterocycles. The van der Waals surface area contributed by atoms with Gasteiger partial charge in [-0.25, -0.2) is 0 Å². The summed E-state index contributed by atoms with van der Waals surface area (Å²) >= 11 is 0. The molecule has 0 amide bonds. The van der Waals surface area contributed by atoms with Crippen molar-refractivity contribution in [3.63, 3.8) is 0 Å². The van der Waals surface area contributed by atoms with E-state index in [4.69, 9.17) is 4.84 Å². The molecule has 5 nitrogen and oxygen atoms in total. The van der Waals surface area contributed by atoms with Crippen LogP contribution in [0, 0.1) is 34.5 Å². The molecule has 154 valence electrons. The quantitative estimate of drug-likeness (QED) is 0.479. The summed E-state index contributed by atoms with van der Waals surface area (Å²) in [6.45, 7) is 6.11. The van der Waals surface area contributed by atoms with Crippen molar-refractivity contribution in [2.45, 2.75) is 72.1 Å². The largest absolute Gasteiger partial charge is 1.00 e. The van der Waals surface area contributed by atoms with Crippen LogP contribution in [0.3, 0.4) is 0 Å². The van der Waals surface area contributed by atoms with Gasteiger partial charge in [0.25, 0.3) is 0 Å². The number of nitrogens with zero attached hydrogens (tertiary/aromatic N) is 1. The molecule has 29 heavy (non-hydrogen) atoms. The smallest absolute Gasteiger partial charge is 0.546 e. The van der Waals surface area contributed by atoms with Gasteiger partial charge in [-0.05, 0) is 93.0 Å². The van der Waals surface area contributed by atoms with Crippen LogP contribution in [0.15, 0.2) is 16.8 Å². The average Bonchev–Trinajstić information content (AvgIpc) is 2.99. The van der Waals surface area contributed by atoms with Crippen LogP contribution in [0.1, 0.15) is 72.1 Å². The molecule has 3 saturated carbocycles. The van der Waals surface area contributed by atoms with E-state index in [1.165, 1.54) is 31.3 Å². The molecule has 3 fully saturated rings. The first-order valence-corrected chi connectivity index (χ1v) is 10.9. The second-order valence-electron chi connectivity index (χ2n) is 10.0. The molecule has 0 aromatic heterocycles. The second-order valence-corrected chi connectivity index (χ2v) is 10.0. The van der Waals surface area contributed by atoms with Gasteiger partial charge in [-0.15, -0.1) is 0 Å². The summed E-state index contributed by atoms with van der Waals surface area (Å²) in [7, 11) is 0. The van der Waals surface area contributed by atoms with Gasteiger partial charge in [0.2, 0.25) is 0 Å². The number of rotatable bonds is 4. The third-order valence-electron chi connectivity index (χ3n) is 8.83. The number of oxime groups is 1. The zero-order valence-electron chi connectivity index (χ0n) is 18.3. The molecule has 0 bridgehead atoms. The number of Topliss-reactive ketones (excluding diaryl/α,β-unsaturated/α-hetero) is 1. The third-order valence-corrected chi connectivity index (χ3v) is 8.83. The number of carbonyl (C=O) groups is 2. The molecule has 0 aromatic rings. The molecule has 0 N–H and O–H groups in total. The zero-order chi connectivity index (χ0) is 20.1. The first kappa shape index (κ1) is 23.6. The maximum absolute atomic E-state index is 12.2. The van der Waals surface area contributed by atoms with E-state index in [1.807, 2.05) is 0 Å². The van der Waals surface area contributed by atoms with Gasteiger partial charge in [0.15, 0.2) is 6.61 Å². The van der Waals surface area contributed by atoms with Crippen LogP contribution in [0.5, 0.6) is 0 Å². The van der Waals surface area contributed by atoms with Crippen LogP contribution in [-0.4, -0.2) is 24.1 Å². The van der Waals surface area contributed by atoms with E-state index < -0.39 is 12.6 Å². The molecule has 0 saturated heterocycles. The molecule has 0 aromatic carbocycles. The second kappa shape index (κ2) is 8.85. The Morgan fingerprint density at radius 1 is 1.14 bits per heavy atom. The molecule has 0 spiro atoms. The maximum atomic E-state index is 12.2. The van der Waals surface area contributed by atoms with Gasteiger partial charge in [-0.2, -0.15) is 0 Å². The number of ketones is 1. The fraction of sp³-hybridized carbons (Fsp3) is 0.783. The summed E-state index contributed by atoms with van der Waals surface area (Å²) in [6.07, 6.45) is 11.0. The molecule has 0 aliphatic heterocycles. The SMILES string of the molecule is CC(=O)[C@H]1CC[C@H]2[C@@H]3CCC4=C/C(=N\OCC(=O)[O-])CC[C@]4(C)[C@H]3CC[C@]12C.[K+]. The summed E-state index contributed by atoms with van der Waals surface area (Å²) < 4.78 is 0. The summed E-state index contributed by atoms with van der Waals surface area (Å²) in [5.74, 6) is 1.49. The Hall–Kier alpha value is -0.0136. The Bertz CT molecular complexity index is 747. The van der Waals surface area contributed by atoms with Crippen molar-refractivity contribution in [3.8, 4) is 0 Å². The van der Waals surface area contributed by atoms with Gasteiger partial charge in [-0.1, -0.05) is 24.6 Å². The Morgan fingerprint density at radius 2 is 1.90 bits per heavy atom. The fourth-order valence-corrected chi connectivity index (χ4v) is 7.48. The van der Waals surface area contributed by atoms with Crippen molar-refractivity contribution in [3.05, 3.63) is 11.6 Å². The van der Waals surface area contributed by atoms with Crippen LogP contribution in [0.25, 0.3) is 0 Å². The molecule has 4 rings (SSSR count). The number of fused-ring (bicyclic) bond motifs is 5. The molecule has 4 aliphatic rings. The number of hydrogen-bond acceptors (Lipinski definition) is 5. The summed E-state index contributed by atoms with van der Waals surface area (Å²) in [6, 6.07) is 0. The first-order chi connectivity index (χ1) is 13.3. The Labute approximate surface area is 216 Å². The molecule has 6 atom stereocenters. The fourth-order valence-electron chi connectivity index (χ4n) is 7.48. The summed E-state index contributed by atoms with van der Waals surface area (Å²) in [5, 5.41) is 14.5. The van der Waals surface area contributed by atoms with Crippen molar-refractivity contribution in [1.29, 1.82) is 0 Å². The molecule has 0 radical (unpaired) electrons. The van der Waals surface area contributed by atoms with E-state index in [2.05, 4.69) is 25.1 Å². The van der Waals surface area contributed by atoms with E-state index in [1.54, 1.807) is 6.92 Å². The predicted octanol–water partition coefficient (Wildman–Crippen LogP) is 0.281. The van der Waals surface area contributed by atoms with Crippen LogP contribution in [0.2, 0.25) is 0 Å². The number of carbonyl (C=O) groups excluding carboxylic acids is 2. The average molecular weight is 426 g/mol. The third kappa shape index (κ3) is 4.09. The van der Waals surface area contributed by atoms with E-state index in [9.17, 15) is 14.7 Å². The monoisotopic (exact) mass is 425 g/mol. The van der Waals surface area contributed by atoms with Gasteiger partial charge in [0.05, 0.1) is 11.7 Å². The van der Waals surface area contributed by atoms with Crippen LogP contribution in [0.4, 0.5) is 0 Å². The Balaban J connectivity index is 0.00000240. The topological polar surface area (TPSA) is 78.8 Å². The normalized spacial score (nSPS) is 42.0. The van der Waals surface area contributed by atoms with Gasteiger partial charge in [0, 0.05) is 5.92 Å². The molecular weight excluding hydrogens is 393 g/mol. The van der Waals surface area contributed by atoms with E-state index in [0.29, 0.717) is 17.6 Å². The Morgan fingerprint density at radius 3 is 2.59 bits per heavy atom. The summed E-state index contributed by atoms with van der Waals surface area (Å²) in [4.78, 5) is 27.7. The number of carboxylic acids is 1. The minimum Gasteiger partial charge on any atom is -0.546 e. The first-order valence-electron chi connectivity index (χ1n) is 10.9.